The Morgan fingerprint density at radius 3 is 2.35 bits per heavy atom. The standard InChI is InChI=1S/C16H19NO3/c1-9-10(2)20-11(3)15(9)16(17)12-4-5-13-14(8-12)19-7-6-18-13/h4-5,8,16H,6-7,17H2,1-3H3. The Hall–Kier alpha value is -1.94. The van der Waals surface area contributed by atoms with E-state index in [2.05, 4.69) is 0 Å². The van der Waals surface area contributed by atoms with Crippen molar-refractivity contribution in [2.75, 3.05) is 13.2 Å². The van der Waals surface area contributed by atoms with E-state index in [-0.39, 0.29) is 6.04 Å². The molecule has 0 spiro atoms. The number of fused-ring (bicyclic) bond motifs is 1. The van der Waals surface area contributed by atoms with Crippen LogP contribution < -0.4 is 15.2 Å². The highest BCUT2D eigenvalue weighted by Crippen LogP contribution is 2.35. The van der Waals surface area contributed by atoms with Crippen molar-refractivity contribution < 1.29 is 13.9 Å². The lowest BCUT2D eigenvalue weighted by Crippen LogP contribution is -2.17. The minimum Gasteiger partial charge on any atom is -0.486 e. The predicted molar refractivity (Wildman–Crippen MR) is 76.4 cm³/mol. The van der Waals surface area contributed by atoms with Gasteiger partial charge in [-0.1, -0.05) is 6.07 Å². The lowest BCUT2D eigenvalue weighted by Gasteiger charge is -2.20. The summed E-state index contributed by atoms with van der Waals surface area (Å²) in [6.07, 6.45) is 0. The van der Waals surface area contributed by atoms with E-state index in [1.807, 2.05) is 39.0 Å². The molecule has 0 saturated heterocycles. The first kappa shape index (κ1) is 13.1. The van der Waals surface area contributed by atoms with Crippen LogP contribution >= 0.6 is 0 Å². The maximum absolute atomic E-state index is 6.41. The summed E-state index contributed by atoms with van der Waals surface area (Å²) in [5, 5.41) is 0. The zero-order valence-corrected chi connectivity index (χ0v) is 12.0. The molecule has 1 unspecified atom stereocenters. The summed E-state index contributed by atoms with van der Waals surface area (Å²) in [5.41, 5.74) is 9.58. The molecule has 2 aromatic rings. The molecule has 1 aliphatic rings. The third-order valence-corrected chi connectivity index (χ3v) is 3.85. The number of nitrogens with two attached hydrogens (primary N) is 1. The molecule has 2 heterocycles. The second-order valence-electron chi connectivity index (χ2n) is 5.13. The maximum atomic E-state index is 6.41. The molecule has 0 bridgehead atoms. The van der Waals surface area contributed by atoms with Gasteiger partial charge in [-0.3, -0.25) is 0 Å². The topological polar surface area (TPSA) is 57.6 Å². The Kier molecular flexibility index (Phi) is 3.18. The minimum atomic E-state index is -0.219. The van der Waals surface area contributed by atoms with E-state index in [1.165, 1.54) is 0 Å². The lowest BCUT2D eigenvalue weighted by atomic mass is 9.96. The second-order valence-corrected chi connectivity index (χ2v) is 5.13. The van der Waals surface area contributed by atoms with Gasteiger partial charge in [-0.25, -0.2) is 0 Å². The minimum absolute atomic E-state index is 0.219. The molecule has 2 N–H and O–H groups in total. The molecule has 4 heteroatoms. The van der Waals surface area contributed by atoms with Crippen LogP contribution in [0, 0.1) is 20.8 Å². The van der Waals surface area contributed by atoms with E-state index in [4.69, 9.17) is 19.6 Å². The molecule has 4 nitrogen and oxygen atoms in total. The van der Waals surface area contributed by atoms with Crippen LogP contribution in [-0.4, -0.2) is 13.2 Å². The average molecular weight is 273 g/mol. The first-order chi connectivity index (χ1) is 9.58. The van der Waals surface area contributed by atoms with Crippen LogP contribution in [-0.2, 0) is 0 Å². The third-order valence-electron chi connectivity index (χ3n) is 3.85. The van der Waals surface area contributed by atoms with Crippen LogP contribution in [0.4, 0.5) is 0 Å². The van der Waals surface area contributed by atoms with Crippen molar-refractivity contribution in [3.8, 4) is 11.5 Å². The zero-order chi connectivity index (χ0) is 14.3. The molecule has 0 aliphatic carbocycles. The highest BCUT2D eigenvalue weighted by atomic mass is 16.6. The number of furan rings is 1. The lowest BCUT2D eigenvalue weighted by molar-refractivity contribution is 0.171. The molecule has 0 saturated carbocycles. The molecule has 1 aromatic heterocycles. The number of rotatable bonds is 2. The molecule has 20 heavy (non-hydrogen) atoms. The number of ether oxygens (including phenoxy) is 2. The van der Waals surface area contributed by atoms with Crippen LogP contribution in [0.1, 0.15) is 34.3 Å². The highest BCUT2D eigenvalue weighted by Gasteiger charge is 2.21. The van der Waals surface area contributed by atoms with Crippen LogP contribution in [0.2, 0.25) is 0 Å². The largest absolute Gasteiger partial charge is 0.486 e. The summed E-state index contributed by atoms with van der Waals surface area (Å²) in [5.74, 6) is 3.34. The van der Waals surface area contributed by atoms with Gasteiger partial charge in [0, 0.05) is 5.56 Å². The summed E-state index contributed by atoms with van der Waals surface area (Å²) >= 11 is 0. The molecular formula is C16H19NO3. The molecular weight excluding hydrogens is 254 g/mol. The van der Waals surface area contributed by atoms with Gasteiger partial charge in [-0.15, -0.1) is 0 Å². The van der Waals surface area contributed by atoms with E-state index >= 15 is 0 Å². The fourth-order valence-electron chi connectivity index (χ4n) is 2.69. The predicted octanol–water partition coefficient (Wildman–Crippen LogP) is 3.02. The van der Waals surface area contributed by atoms with Gasteiger partial charge < -0.3 is 19.6 Å². The van der Waals surface area contributed by atoms with Crippen LogP contribution in [0.15, 0.2) is 22.6 Å². The first-order valence-corrected chi connectivity index (χ1v) is 6.79. The molecule has 106 valence electrons. The van der Waals surface area contributed by atoms with E-state index in [0.29, 0.717) is 13.2 Å². The normalized spacial score (nSPS) is 15.2. The average Bonchev–Trinajstić information content (AvgIpc) is 2.71. The van der Waals surface area contributed by atoms with Crippen molar-refractivity contribution in [1.29, 1.82) is 0 Å². The van der Waals surface area contributed by atoms with Gasteiger partial charge in [-0.05, 0) is 44.0 Å². The summed E-state index contributed by atoms with van der Waals surface area (Å²) in [6, 6.07) is 5.64. The quantitative estimate of drug-likeness (QED) is 0.913. The summed E-state index contributed by atoms with van der Waals surface area (Å²) in [7, 11) is 0. The van der Waals surface area contributed by atoms with Gasteiger partial charge in [0.1, 0.15) is 24.7 Å². The molecule has 0 amide bonds. The van der Waals surface area contributed by atoms with Gasteiger partial charge in [0.2, 0.25) is 0 Å². The van der Waals surface area contributed by atoms with Crippen LogP contribution in [0.25, 0.3) is 0 Å². The fourth-order valence-corrected chi connectivity index (χ4v) is 2.69. The van der Waals surface area contributed by atoms with Crippen LogP contribution in [0.3, 0.4) is 0 Å². The van der Waals surface area contributed by atoms with E-state index < -0.39 is 0 Å². The first-order valence-electron chi connectivity index (χ1n) is 6.79. The van der Waals surface area contributed by atoms with Crippen molar-refractivity contribution >= 4 is 0 Å². The van der Waals surface area contributed by atoms with E-state index in [0.717, 1.165) is 39.7 Å². The third kappa shape index (κ3) is 2.06. The zero-order valence-electron chi connectivity index (χ0n) is 12.0. The number of hydrogen-bond acceptors (Lipinski definition) is 4. The molecule has 1 atom stereocenters. The molecule has 0 radical (unpaired) electrons. The van der Waals surface area contributed by atoms with Crippen molar-refractivity contribution in [3.05, 3.63) is 46.4 Å². The Morgan fingerprint density at radius 1 is 1.00 bits per heavy atom. The Balaban J connectivity index is 2.00. The fraction of sp³-hybridized carbons (Fsp3) is 0.375. The van der Waals surface area contributed by atoms with Crippen molar-refractivity contribution in [3.63, 3.8) is 0 Å². The number of hydrogen-bond donors (Lipinski definition) is 1. The van der Waals surface area contributed by atoms with Gasteiger partial charge in [-0.2, -0.15) is 0 Å². The van der Waals surface area contributed by atoms with Crippen molar-refractivity contribution in [2.45, 2.75) is 26.8 Å². The van der Waals surface area contributed by atoms with Crippen molar-refractivity contribution in [2.24, 2.45) is 5.73 Å². The Labute approximate surface area is 118 Å². The Morgan fingerprint density at radius 2 is 1.70 bits per heavy atom. The highest BCUT2D eigenvalue weighted by molar-refractivity contribution is 5.48. The molecule has 1 aromatic carbocycles. The van der Waals surface area contributed by atoms with Crippen molar-refractivity contribution in [1.82, 2.24) is 0 Å². The summed E-state index contributed by atoms with van der Waals surface area (Å²) < 4.78 is 16.8. The molecule has 1 aliphatic heterocycles. The van der Waals surface area contributed by atoms with Gasteiger partial charge in [0.25, 0.3) is 0 Å². The van der Waals surface area contributed by atoms with E-state index in [1.54, 1.807) is 0 Å². The summed E-state index contributed by atoms with van der Waals surface area (Å²) in [4.78, 5) is 0. The SMILES string of the molecule is Cc1oc(C)c(C(N)c2ccc3c(c2)OCCO3)c1C. The van der Waals surface area contributed by atoms with Crippen LogP contribution in [0.5, 0.6) is 11.5 Å². The van der Waals surface area contributed by atoms with Gasteiger partial charge >= 0.3 is 0 Å². The van der Waals surface area contributed by atoms with Gasteiger partial charge in [0.15, 0.2) is 11.5 Å². The number of benzene rings is 1. The summed E-state index contributed by atoms with van der Waals surface area (Å²) in [6.45, 7) is 7.13. The maximum Gasteiger partial charge on any atom is 0.161 e. The second kappa shape index (κ2) is 4.87. The van der Waals surface area contributed by atoms with E-state index in [9.17, 15) is 0 Å². The number of aryl methyl sites for hydroxylation is 2. The monoisotopic (exact) mass is 273 g/mol. The molecule has 3 rings (SSSR count). The Bertz CT molecular complexity index is 645. The smallest absolute Gasteiger partial charge is 0.161 e. The van der Waals surface area contributed by atoms with Gasteiger partial charge in [0.05, 0.1) is 6.04 Å². The molecule has 0 fully saturated rings.